The number of benzene rings is 2. The summed E-state index contributed by atoms with van der Waals surface area (Å²) in [5.74, 6) is -0.344. The first-order chi connectivity index (χ1) is 13.5. The van der Waals surface area contributed by atoms with E-state index in [0.29, 0.717) is 27.0 Å². The fourth-order valence-corrected chi connectivity index (χ4v) is 3.41. The van der Waals surface area contributed by atoms with Crippen LogP contribution in [-0.4, -0.2) is 10.9 Å². The van der Waals surface area contributed by atoms with Crippen LogP contribution in [0.1, 0.15) is 21.5 Å². The van der Waals surface area contributed by atoms with Crippen molar-refractivity contribution in [2.45, 2.75) is 13.8 Å². The number of carbonyl (C=O) groups excluding carboxylic acids is 1. The third-order valence-electron chi connectivity index (χ3n) is 4.33. The summed E-state index contributed by atoms with van der Waals surface area (Å²) < 4.78 is 5.96. The molecule has 28 heavy (non-hydrogen) atoms. The van der Waals surface area contributed by atoms with E-state index in [2.05, 4.69) is 15.3 Å². The minimum absolute atomic E-state index is 0.229. The molecule has 4 aromatic rings. The average molecular weight is 410 g/mol. The standard InChI is InChI=1S/C21H16ClN3O2S/c1-12-3-5-16(9-13(12)2)24-20-17(19(26)25-21-23-7-8-28-21)11-14-10-15(22)4-6-18(14)27-20/h3-11H,1-2H3,(H,23,25,26). The maximum absolute atomic E-state index is 12.9. The highest BCUT2D eigenvalue weighted by molar-refractivity contribution is 7.13. The first-order valence-electron chi connectivity index (χ1n) is 8.56. The van der Waals surface area contributed by atoms with Crippen molar-refractivity contribution >= 4 is 50.6 Å². The number of aryl methyl sites for hydroxylation is 2. The molecule has 7 heteroatoms. The second-order valence-corrected chi connectivity index (χ2v) is 7.65. The van der Waals surface area contributed by atoms with E-state index in [-0.39, 0.29) is 11.5 Å². The molecule has 2 heterocycles. The summed E-state index contributed by atoms with van der Waals surface area (Å²) in [7, 11) is 0. The van der Waals surface area contributed by atoms with E-state index in [0.717, 1.165) is 10.9 Å². The SMILES string of the molecule is Cc1ccc(N=c2oc3ccc(Cl)cc3cc2C(=O)Nc2nccs2)cc1C. The van der Waals surface area contributed by atoms with Gasteiger partial charge in [-0.25, -0.2) is 9.98 Å². The number of aromatic nitrogens is 1. The summed E-state index contributed by atoms with van der Waals surface area (Å²) in [6.07, 6.45) is 1.63. The largest absolute Gasteiger partial charge is 0.438 e. The summed E-state index contributed by atoms with van der Waals surface area (Å²) in [5, 5.41) is 6.36. The third kappa shape index (κ3) is 3.83. The van der Waals surface area contributed by atoms with Crippen molar-refractivity contribution < 1.29 is 9.21 Å². The Hall–Kier alpha value is -2.96. The number of fused-ring (bicyclic) bond motifs is 1. The van der Waals surface area contributed by atoms with Crippen LogP contribution in [0.25, 0.3) is 11.0 Å². The van der Waals surface area contributed by atoms with Crippen LogP contribution in [-0.2, 0) is 0 Å². The molecule has 1 amide bonds. The molecular formula is C21H16ClN3O2S. The Kier molecular flexibility index (Phi) is 4.98. The number of hydrogen-bond acceptors (Lipinski definition) is 5. The first kappa shape index (κ1) is 18.4. The van der Waals surface area contributed by atoms with Gasteiger partial charge < -0.3 is 4.42 Å². The Labute approximate surface area is 170 Å². The lowest BCUT2D eigenvalue weighted by Gasteiger charge is -2.06. The number of rotatable bonds is 3. The summed E-state index contributed by atoms with van der Waals surface area (Å²) in [5.41, 5.74) is 4.13. The molecular weight excluding hydrogens is 394 g/mol. The third-order valence-corrected chi connectivity index (χ3v) is 5.25. The Morgan fingerprint density at radius 3 is 2.75 bits per heavy atom. The van der Waals surface area contributed by atoms with Gasteiger partial charge in [-0.1, -0.05) is 17.7 Å². The zero-order chi connectivity index (χ0) is 19.7. The average Bonchev–Trinajstić information content (AvgIpc) is 3.17. The van der Waals surface area contributed by atoms with Crippen molar-refractivity contribution in [1.82, 2.24) is 4.98 Å². The fourth-order valence-electron chi connectivity index (χ4n) is 2.71. The first-order valence-corrected chi connectivity index (χ1v) is 9.81. The van der Waals surface area contributed by atoms with Gasteiger partial charge in [0.2, 0.25) is 5.55 Å². The van der Waals surface area contributed by atoms with Crippen LogP contribution in [0.5, 0.6) is 0 Å². The van der Waals surface area contributed by atoms with Gasteiger partial charge in [0.1, 0.15) is 11.1 Å². The maximum Gasteiger partial charge on any atom is 0.262 e. The highest BCUT2D eigenvalue weighted by atomic mass is 35.5. The predicted octanol–water partition coefficient (Wildman–Crippen LogP) is 5.64. The molecule has 4 rings (SSSR count). The lowest BCUT2D eigenvalue weighted by atomic mass is 10.1. The monoisotopic (exact) mass is 409 g/mol. The Morgan fingerprint density at radius 2 is 2.00 bits per heavy atom. The molecule has 5 nitrogen and oxygen atoms in total. The molecule has 2 aromatic heterocycles. The molecule has 0 spiro atoms. The van der Waals surface area contributed by atoms with E-state index < -0.39 is 0 Å². The normalized spacial score (nSPS) is 11.8. The van der Waals surface area contributed by atoms with E-state index in [1.54, 1.807) is 35.8 Å². The number of carbonyl (C=O) groups is 1. The van der Waals surface area contributed by atoms with Crippen molar-refractivity contribution in [1.29, 1.82) is 0 Å². The predicted molar refractivity (Wildman–Crippen MR) is 112 cm³/mol. The number of hydrogen-bond donors (Lipinski definition) is 1. The summed E-state index contributed by atoms with van der Waals surface area (Å²) in [4.78, 5) is 21.6. The van der Waals surface area contributed by atoms with Crippen molar-refractivity contribution in [2.24, 2.45) is 4.99 Å². The molecule has 0 atom stereocenters. The number of amides is 1. The van der Waals surface area contributed by atoms with Gasteiger partial charge in [0.25, 0.3) is 5.91 Å². The van der Waals surface area contributed by atoms with E-state index in [1.165, 1.54) is 16.9 Å². The van der Waals surface area contributed by atoms with Crippen LogP contribution in [0.4, 0.5) is 10.8 Å². The molecule has 0 fully saturated rings. The number of nitrogens with zero attached hydrogens (tertiary/aromatic N) is 2. The summed E-state index contributed by atoms with van der Waals surface area (Å²) in [6.45, 7) is 4.06. The van der Waals surface area contributed by atoms with E-state index >= 15 is 0 Å². The van der Waals surface area contributed by atoms with Gasteiger partial charge in [-0.3, -0.25) is 10.1 Å². The van der Waals surface area contributed by atoms with E-state index in [1.807, 2.05) is 32.0 Å². The van der Waals surface area contributed by atoms with E-state index in [9.17, 15) is 4.79 Å². The zero-order valence-electron chi connectivity index (χ0n) is 15.2. The zero-order valence-corrected chi connectivity index (χ0v) is 16.8. The van der Waals surface area contributed by atoms with Crippen LogP contribution in [0.3, 0.4) is 0 Å². The topological polar surface area (TPSA) is 67.5 Å². The maximum atomic E-state index is 12.9. The molecule has 0 bridgehead atoms. The molecule has 0 aliphatic rings. The van der Waals surface area contributed by atoms with Gasteiger partial charge in [0, 0.05) is 22.0 Å². The van der Waals surface area contributed by atoms with E-state index in [4.69, 9.17) is 16.0 Å². The van der Waals surface area contributed by atoms with Gasteiger partial charge in [0.15, 0.2) is 5.13 Å². The molecule has 140 valence electrons. The molecule has 1 N–H and O–H groups in total. The van der Waals surface area contributed by atoms with Crippen LogP contribution in [0.15, 0.2) is 63.5 Å². The van der Waals surface area contributed by atoms with Crippen molar-refractivity contribution in [3.63, 3.8) is 0 Å². The van der Waals surface area contributed by atoms with Crippen LogP contribution in [0.2, 0.25) is 5.02 Å². The van der Waals surface area contributed by atoms with Gasteiger partial charge in [-0.2, -0.15) is 0 Å². The number of nitrogens with one attached hydrogen (secondary N) is 1. The minimum Gasteiger partial charge on any atom is -0.438 e. The second-order valence-electron chi connectivity index (χ2n) is 6.32. The van der Waals surface area contributed by atoms with Crippen LogP contribution < -0.4 is 10.9 Å². The summed E-state index contributed by atoms with van der Waals surface area (Å²) >= 11 is 7.43. The van der Waals surface area contributed by atoms with Crippen molar-refractivity contribution in [2.75, 3.05) is 5.32 Å². The highest BCUT2D eigenvalue weighted by Gasteiger charge is 2.14. The molecule has 0 saturated carbocycles. The quantitative estimate of drug-likeness (QED) is 0.475. The Morgan fingerprint density at radius 1 is 1.14 bits per heavy atom. The van der Waals surface area contributed by atoms with Gasteiger partial charge >= 0.3 is 0 Å². The molecule has 0 aliphatic carbocycles. The summed E-state index contributed by atoms with van der Waals surface area (Å²) in [6, 6.07) is 12.8. The molecule has 2 aromatic carbocycles. The molecule has 0 saturated heterocycles. The second kappa shape index (κ2) is 7.58. The fraction of sp³-hybridized carbons (Fsp3) is 0.0952. The number of anilines is 1. The minimum atomic E-state index is -0.344. The number of thiazole rings is 1. The number of halogens is 1. The lowest BCUT2D eigenvalue weighted by Crippen LogP contribution is -2.21. The van der Waals surface area contributed by atoms with Crippen molar-refractivity contribution in [3.05, 3.63) is 81.3 Å². The van der Waals surface area contributed by atoms with Gasteiger partial charge in [-0.15, -0.1) is 11.3 Å². The van der Waals surface area contributed by atoms with Gasteiger partial charge in [0.05, 0.1) is 5.69 Å². The smallest absolute Gasteiger partial charge is 0.262 e. The molecule has 0 unspecified atom stereocenters. The lowest BCUT2D eigenvalue weighted by molar-refractivity contribution is 0.102. The highest BCUT2D eigenvalue weighted by Crippen LogP contribution is 2.21. The molecule has 0 radical (unpaired) electrons. The molecule has 0 aliphatic heterocycles. The van der Waals surface area contributed by atoms with Crippen molar-refractivity contribution in [3.8, 4) is 0 Å². The van der Waals surface area contributed by atoms with Crippen LogP contribution >= 0.6 is 22.9 Å². The Balaban J connectivity index is 1.89. The van der Waals surface area contributed by atoms with Crippen LogP contribution in [0, 0.1) is 13.8 Å². The Bertz CT molecular complexity index is 1250. The van der Waals surface area contributed by atoms with Gasteiger partial charge in [-0.05, 0) is 61.4 Å².